The second-order valence-electron chi connectivity index (χ2n) is 4.87. The second-order valence-corrected chi connectivity index (χ2v) is 4.87. The molecule has 1 aromatic rings. The monoisotopic (exact) mass is 261 g/mol. The lowest BCUT2D eigenvalue weighted by Crippen LogP contribution is -2.37. The van der Waals surface area contributed by atoms with Gasteiger partial charge in [0.25, 0.3) is 5.91 Å². The minimum Gasteiger partial charge on any atom is -0.378 e. The SMILES string of the molecule is CN(C)c1ccc(C(=O)N2CCCNC(=O)C2)cc1. The fraction of sp³-hybridized carbons (Fsp3) is 0.429. The predicted octanol–water partition coefficient (Wildman–Crippen LogP) is 0.715. The molecule has 5 heteroatoms. The Hall–Kier alpha value is -2.04. The molecule has 1 aromatic carbocycles. The molecule has 0 radical (unpaired) electrons. The molecule has 1 heterocycles. The first-order chi connectivity index (χ1) is 9.08. The van der Waals surface area contributed by atoms with Crippen molar-refractivity contribution in [3.63, 3.8) is 0 Å². The van der Waals surface area contributed by atoms with E-state index in [-0.39, 0.29) is 18.4 Å². The summed E-state index contributed by atoms with van der Waals surface area (Å²) in [5.74, 6) is -0.168. The van der Waals surface area contributed by atoms with Crippen molar-refractivity contribution < 1.29 is 9.59 Å². The number of rotatable bonds is 2. The minimum atomic E-state index is -0.0873. The van der Waals surface area contributed by atoms with E-state index >= 15 is 0 Å². The predicted molar refractivity (Wildman–Crippen MR) is 74.3 cm³/mol. The molecule has 2 amide bonds. The van der Waals surface area contributed by atoms with Gasteiger partial charge in [-0.05, 0) is 30.7 Å². The maximum atomic E-state index is 12.3. The van der Waals surface area contributed by atoms with Gasteiger partial charge in [0.05, 0.1) is 6.54 Å². The molecule has 1 aliphatic rings. The maximum absolute atomic E-state index is 12.3. The zero-order chi connectivity index (χ0) is 13.8. The number of nitrogens with one attached hydrogen (secondary N) is 1. The third-order valence-electron chi connectivity index (χ3n) is 3.18. The summed E-state index contributed by atoms with van der Waals surface area (Å²) in [6.45, 7) is 1.41. The normalized spacial score (nSPS) is 15.7. The molecule has 0 spiro atoms. The summed E-state index contributed by atoms with van der Waals surface area (Å²) in [5, 5.41) is 2.77. The van der Waals surface area contributed by atoms with Crippen molar-refractivity contribution in [3.05, 3.63) is 29.8 Å². The fourth-order valence-electron chi connectivity index (χ4n) is 2.06. The van der Waals surface area contributed by atoms with Crippen molar-refractivity contribution in [1.29, 1.82) is 0 Å². The van der Waals surface area contributed by atoms with E-state index < -0.39 is 0 Å². The van der Waals surface area contributed by atoms with Gasteiger partial charge in [-0.2, -0.15) is 0 Å². The van der Waals surface area contributed by atoms with E-state index in [9.17, 15) is 9.59 Å². The molecule has 0 atom stereocenters. The van der Waals surface area contributed by atoms with Crippen LogP contribution in [0.1, 0.15) is 16.8 Å². The first-order valence-electron chi connectivity index (χ1n) is 6.41. The molecule has 1 aliphatic heterocycles. The lowest BCUT2D eigenvalue weighted by atomic mass is 10.1. The van der Waals surface area contributed by atoms with Gasteiger partial charge in [-0.3, -0.25) is 9.59 Å². The molecule has 0 aliphatic carbocycles. The number of nitrogens with zero attached hydrogens (tertiary/aromatic N) is 2. The van der Waals surface area contributed by atoms with Crippen LogP contribution in [0.3, 0.4) is 0 Å². The average molecular weight is 261 g/mol. The van der Waals surface area contributed by atoms with Crippen molar-refractivity contribution >= 4 is 17.5 Å². The molecule has 0 saturated carbocycles. The summed E-state index contributed by atoms with van der Waals surface area (Å²) in [7, 11) is 3.91. The van der Waals surface area contributed by atoms with Gasteiger partial charge >= 0.3 is 0 Å². The van der Waals surface area contributed by atoms with Gasteiger partial charge in [-0.15, -0.1) is 0 Å². The van der Waals surface area contributed by atoms with Crippen molar-refractivity contribution in [1.82, 2.24) is 10.2 Å². The quantitative estimate of drug-likeness (QED) is 0.853. The van der Waals surface area contributed by atoms with Gasteiger partial charge in [0.2, 0.25) is 5.91 Å². The fourth-order valence-corrected chi connectivity index (χ4v) is 2.06. The number of carbonyl (C=O) groups is 2. The molecule has 0 aromatic heterocycles. The van der Waals surface area contributed by atoms with Crippen LogP contribution in [0, 0.1) is 0 Å². The number of benzene rings is 1. The molecule has 1 fully saturated rings. The maximum Gasteiger partial charge on any atom is 0.254 e. The number of anilines is 1. The molecule has 102 valence electrons. The average Bonchev–Trinajstić information content (AvgIpc) is 2.62. The second kappa shape index (κ2) is 5.73. The van der Waals surface area contributed by atoms with Crippen LogP contribution in [0.4, 0.5) is 5.69 Å². The van der Waals surface area contributed by atoms with Crippen LogP contribution in [0.25, 0.3) is 0 Å². The van der Waals surface area contributed by atoms with Gasteiger partial charge in [-0.1, -0.05) is 0 Å². The summed E-state index contributed by atoms with van der Waals surface area (Å²) in [5.41, 5.74) is 1.67. The molecule has 0 bridgehead atoms. The van der Waals surface area contributed by atoms with E-state index in [1.807, 2.05) is 31.1 Å². The standard InChI is InChI=1S/C14H19N3O2/c1-16(2)12-6-4-11(5-7-12)14(19)17-9-3-8-15-13(18)10-17/h4-7H,3,8-10H2,1-2H3,(H,15,18). The Morgan fingerprint density at radius 1 is 1.26 bits per heavy atom. The number of hydrogen-bond donors (Lipinski definition) is 1. The lowest BCUT2D eigenvalue weighted by molar-refractivity contribution is -0.121. The summed E-state index contributed by atoms with van der Waals surface area (Å²) < 4.78 is 0. The molecule has 2 rings (SSSR count). The Morgan fingerprint density at radius 2 is 1.95 bits per heavy atom. The Bertz CT molecular complexity index is 468. The number of carbonyl (C=O) groups excluding carboxylic acids is 2. The smallest absolute Gasteiger partial charge is 0.254 e. The van der Waals surface area contributed by atoms with Gasteiger partial charge in [0, 0.05) is 38.4 Å². The highest BCUT2D eigenvalue weighted by Crippen LogP contribution is 2.14. The van der Waals surface area contributed by atoms with E-state index in [4.69, 9.17) is 0 Å². The van der Waals surface area contributed by atoms with Crippen molar-refractivity contribution in [2.45, 2.75) is 6.42 Å². The Balaban J connectivity index is 2.11. The molecule has 1 saturated heterocycles. The molecule has 19 heavy (non-hydrogen) atoms. The minimum absolute atomic E-state index is 0.0812. The van der Waals surface area contributed by atoms with Crippen LogP contribution in [0.15, 0.2) is 24.3 Å². The summed E-state index contributed by atoms with van der Waals surface area (Å²) in [4.78, 5) is 27.4. The Morgan fingerprint density at radius 3 is 2.58 bits per heavy atom. The van der Waals surface area contributed by atoms with E-state index in [1.54, 1.807) is 17.0 Å². The molecular weight excluding hydrogens is 242 g/mol. The number of amides is 2. The van der Waals surface area contributed by atoms with Crippen LogP contribution in [0.5, 0.6) is 0 Å². The van der Waals surface area contributed by atoms with Crippen LogP contribution in [-0.4, -0.2) is 50.4 Å². The zero-order valence-electron chi connectivity index (χ0n) is 11.3. The van der Waals surface area contributed by atoms with Crippen molar-refractivity contribution in [3.8, 4) is 0 Å². The summed E-state index contributed by atoms with van der Waals surface area (Å²) in [6, 6.07) is 7.43. The van der Waals surface area contributed by atoms with E-state index in [0.29, 0.717) is 18.7 Å². The largest absolute Gasteiger partial charge is 0.378 e. The van der Waals surface area contributed by atoms with E-state index in [2.05, 4.69) is 5.32 Å². The first kappa shape index (κ1) is 13.4. The topological polar surface area (TPSA) is 52.7 Å². The lowest BCUT2D eigenvalue weighted by Gasteiger charge is -2.19. The Kier molecular flexibility index (Phi) is 4.04. The van der Waals surface area contributed by atoms with Crippen LogP contribution < -0.4 is 10.2 Å². The van der Waals surface area contributed by atoms with Gasteiger partial charge in [0.15, 0.2) is 0 Å². The van der Waals surface area contributed by atoms with Gasteiger partial charge in [-0.25, -0.2) is 0 Å². The molecule has 1 N–H and O–H groups in total. The van der Waals surface area contributed by atoms with Crippen LogP contribution in [0.2, 0.25) is 0 Å². The van der Waals surface area contributed by atoms with Gasteiger partial charge < -0.3 is 15.1 Å². The van der Waals surface area contributed by atoms with Crippen molar-refractivity contribution in [2.24, 2.45) is 0 Å². The van der Waals surface area contributed by atoms with Crippen LogP contribution >= 0.6 is 0 Å². The number of hydrogen-bond acceptors (Lipinski definition) is 3. The first-order valence-corrected chi connectivity index (χ1v) is 6.41. The zero-order valence-corrected chi connectivity index (χ0v) is 11.3. The van der Waals surface area contributed by atoms with Crippen molar-refractivity contribution in [2.75, 3.05) is 38.6 Å². The highest BCUT2D eigenvalue weighted by molar-refractivity contribution is 5.97. The highest BCUT2D eigenvalue weighted by Gasteiger charge is 2.20. The van der Waals surface area contributed by atoms with E-state index in [0.717, 1.165) is 12.1 Å². The molecular formula is C14H19N3O2. The molecule has 0 unspecified atom stereocenters. The van der Waals surface area contributed by atoms with Gasteiger partial charge in [0.1, 0.15) is 0 Å². The summed E-state index contributed by atoms with van der Waals surface area (Å²) >= 11 is 0. The summed E-state index contributed by atoms with van der Waals surface area (Å²) in [6.07, 6.45) is 0.799. The molecule has 5 nitrogen and oxygen atoms in total. The van der Waals surface area contributed by atoms with Crippen LogP contribution in [-0.2, 0) is 4.79 Å². The third-order valence-corrected chi connectivity index (χ3v) is 3.18. The Labute approximate surface area is 113 Å². The van der Waals surface area contributed by atoms with E-state index in [1.165, 1.54) is 0 Å². The highest BCUT2D eigenvalue weighted by atomic mass is 16.2. The third kappa shape index (κ3) is 3.24.